The first-order chi connectivity index (χ1) is 16.5. The molecule has 2 aliphatic rings. The van der Waals surface area contributed by atoms with Crippen molar-refractivity contribution in [3.63, 3.8) is 0 Å². The van der Waals surface area contributed by atoms with Gasteiger partial charge in [-0.2, -0.15) is 5.10 Å². The number of hydrogen-bond donors (Lipinski definition) is 0. The summed E-state index contributed by atoms with van der Waals surface area (Å²) in [5.41, 5.74) is 5.13. The summed E-state index contributed by atoms with van der Waals surface area (Å²) >= 11 is 5.89. The Morgan fingerprint density at radius 1 is 1.00 bits per heavy atom. The lowest BCUT2D eigenvalue weighted by Crippen LogP contribution is -2.15. The molecule has 0 atom stereocenters. The number of aromatic nitrogens is 5. The highest BCUT2D eigenvalue weighted by molar-refractivity contribution is 6.30. The summed E-state index contributed by atoms with van der Waals surface area (Å²) in [6.07, 6.45) is 8.33. The van der Waals surface area contributed by atoms with Gasteiger partial charge in [0, 0.05) is 36.2 Å². The average molecular weight is 480 g/mol. The highest BCUT2D eigenvalue weighted by Crippen LogP contribution is 2.35. The van der Waals surface area contributed by atoms with Gasteiger partial charge in [-0.3, -0.25) is 4.68 Å². The van der Waals surface area contributed by atoms with Gasteiger partial charge in [-0.25, -0.2) is 19.3 Å². The number of aryl methyl sites for hydroxylation is 2. The first kappa shape index (κ1) is 22.9. The molecule has 1 saturated carbocycles. The Labute approximate surface area is 203 Å². The van der Waals surface area contributed by atoms with E-state index in [1.165, 1.54) is 18.9 Å². The van der Waals surface area contributed by atoms with E-state index in [2.05, 4.69) is 15.1 Å². The van der Waals surface area contributed by atoms with Crippen LogP contribution in [0.5, 0.6) is 0 Å². The van der Waals surface area contributed by atoms with E-state index < -0.39 is 0 Å². The summed E-state index contributed by atoms with van der Waals surface area (Å²) in [5, 5.41) is 4.46. The van der Waals surface area contributed by atoms with E-state index in [1.807, 2.05) is 43.1 Å². The number of rotatable bonds is 3. The van der Waals surface area contributed by atoms with E-state index in [0.717, 1.165) is 54.6 Å². The lowest BCUT2D eigenvalue weighted by Gasteiger charge is -2.24. The van der Waals surface area contributed by atoms with Crippen LogP contribution < -0.4 is 0 Å². The fraction of sp³-hybridized carbons (Fsp3) is 0.385. The Bertz CT molecular complexity index is 1300. The molecule has 34 heavy (non-hydrogen) atoms. The highest BCUT2D eigenvalue weighted by atomic mass is 35.5. The molecule has 4 aromatic rings. The fourth-order valence-corrected chi connectivity index (χ4v) is 4.37. The molecule has 1 saturated heterocycles. The molecule has 0 bridgehead atoms. The van der Waals surface area contributed by atoms with Gasteiger partial charge in [0.1, 0.15) is 11.3 Å². The Morgan fingerprint density at radius 2 is 1.76 bits per heavy atom. The van der Waals surface area contributed by atoms with Gasteiger partial charge in [-0.1, -0.05) is 11.6 Å². The normalized spacial score (nSPS) is 16.4. The van der Waals surface area contributed by atoms with Gasteiger partial charge in [0.05, 0.1) is 23.1 Å². The highest BCUT2D eigenvalue weighted by Gasteiger charge is 2.23. The van der Waals surface area contributed by atoms with Crippen molar-refractivity contribution in [1.82, 2.24) is 24.7 Å². The van der Waals surface area contributed by atoms with E-state index >= 15 is 0 Å². The van der Waals surface area contributed by atoms with Gasteiger partial charge >= 0.3 is 0 Å². The number of benzene rings is 1. The number of pyridine rings is 1. The maximum absolute atomic E-state index is 14.5. The Hall–Kier alpha value is -2.90. The van der Waals surface area contributed by atoms with Crippen LogP contribution in [0.2, 0.25) is 5.02 Å². The Morgan fingerprint density at radius 3 is 2.44 bits per heavy atom. The SMILES string of the molecule is Cc1nc2nc(-c3ccc(Cl)cc3F)cc(C3CCOCC3)c2nc1C.c1cnn(C2CC2)c1. The summed E-state index contributed by atoms with van der Waals surface area (Å²) in [4.78, 5) is 14.0. The number of halogens is 2. The van der Waals surface area contributed by atoms with Crippen LogP contribution in [0.1, 0.15) is 54.6 Å². The van der Waals surface area contributed by atoms with Gasteiger partial charge in [-0.05, 0) is 81.3 Å². The van der Waals surface area contributed by atoms with Gasteiger partial charge in [0.2, 0.25) is 0 Å². The summed E-state index contributed by atoms with van der Waals surface area (Å²) in [5.74, 6) is -0.0844. The first-order valence-electron chi connectivity index (χ1n) is 11.7. The average Bonchev–Trinajstić information content (AvgIpc) is 3.54. The van der Waals surface area contributed by atoms with Crippen molar-refractivity contribution in [2.75, 3.05) is 13.2 Å². The molecule has 6 rings (SSSR count). The predicted octanol–water partition coefficient (Wildman–Crippen LogP) is 6.21. The van der Waals surface area contributed by atoms with E-state index in [1.54, 1.807) is 12.1 Å². The fourth-order valence-electron chi connectivity index (χ4n) is 4.22. The molecular weight excluding hydrogens is 453 g/mol. The molecule has 4 heterocycles. The molecule has 6 nitrogen and oxygen atoms in total. The third-order valence-electron chi connectivity index (χ3n) is 6.39. The van der Waals surface area contributed by atoms with Crippen molar-refractivity contribution in [1.29, 1.82) is 0 Å². The molecule has 2 fully saturated rings. The number of fused-ring (bicyclic) bond motifs is 1. The van der Waals surface area contributed by atoms with Gasteiger partial charge in [-0.15, -0.1) is 0 Å². The lowest BCUT2D eigenvalue weighted by molar-refractivity contribution is 0.0855. The van der Waals surface area contributed by atoms with Crippen molar-refractivity contribution in [2.24, 2.45) is 0 Å². The number of ether oxygens (including phenoxy) is 1. The summed E-state index contributed by atoms with van der Waals surface area (Å²) in [6.45, 7) is 5.30. The molecule has 0 unspecified atom stereocenters. The van der Waals surface area contributed by atoms with Crippen LogP contribution in [0.3, 0.4) is 0 Å². The zero-order valence-electron chi connectivity index (χ0n) is 19.3. The summed E-state index contributed by atoms with van der Waals surface area (Å²) in [6, 6.07) is 9.31. The van der Waals surface area contributed by atoms with E-state index in [4.69, 9.17) is 21.3 Å². The van der Waals surface area contributed by atoms with E-state index in [-0.39, 0.29) is 5.82 Å². The minimum Gasteiger partial charge on any atom is -0.381 e. The zero-order valence-corrected chi connectivity index (χ0v) is 20.1. The predicted molar refractivity (Wildman–Crippen MR) is 131 cm³/mol. The molecule has 1 aliphatic carbocycles. The second-order valence-corrected chi connectivity index (χ2v) is 9.33. The van der Waals surface area contributed by atoms with E-state index in [0.29, 0.717) is 27.8 Å². The summed E-state index contributed by atoms with van der Waals surface area (Å²) < 4.78 is 22.0. The number of nitrogens with zero attached hydrogens (tertiary/aromatic N) is 5. The maximum atomic E-state index is 14.5. The van der Waals surface area contributed by atoms with Crippen molar-refractivity contribution < 1.29 is 9.13 Å². The minimum atomic E-state index is -0.390. The third kappa shape index (κ3) is 4.95. The van der Waals surface area contributed by atoms with Crippen LogP contribution >= 0.6 is 11.6 Å². The van der Waals surface area contributed by atoms with Gasteiger partial charge < -0.3 is 4.74 Å². The van der Waals surface area contributed by atoms with Crippen LogP contribution in [-0.4, -0.2) is 37.9 Å². The number of hydrogen-bond acceptors (Lipinski definition) is 5. The standard InChI is InChI=1S/C20H19ClFN3O.C6H8N2/c1-11-12(2)24-20-19(23-11)16(13-5-7-26-8-6-13)10-18(25-20)15-4-3-14(21)9-17(15)22;1-4-7-8(5-1)6-2-3-6/h3-4,9-10,13H,5-8H2,1-2H3;1,4-6H,2-3H2. The van der Waals surface area contributed by atoms with Crippen molar-refractivity contribution >= 4 is 22.8 Å². The smallest absolute Gasteiger partial charge is 0.179 e. The molecule has 0 radical (unpaired) electrons. The molecular formula is C26H27ClFN5O. The van der Waals surface area contributed by atoms with Crippen LogP contribution in [0.4, 0.5) is 4.39 Å². The van der Waals surface area contributed by atoms with Crippen LogP contribution in [0.15, 0.2) is 42.7 Å². The Balaban J connectivity index is 0.000000252. The van der Waals surface area contributed by atoms with Crippen molar-refractivity contribution in [3.8, 4) is 11.3 Å². The second-order valence-electron chi connectivity index (χ2n) is 8.89. The molecule has 0 N–H and O–H groups in total. The largest absolute Gasteiger partial charge is 0.381 e. The molecule has 1 aliphatic heterocycles. The summed E-state index contributed by atoms with van der Waals surface area (Å²) in [7, 11) is 0. The Kier molecular flexibility index (Phi) is 6.57. The quantitative estimate of drug-likeness (QED) is 0.349. The molecule has 1 aromatic carbocycles. The minimum absolute atomic E-state index is 0.305. The topological polar surface area (TPSA) is 65.7 Å². The monoisotopic (exact) mass is 479 g/mol. The zero-order chi connectivity index (χ0) is 23.7. The third-order valence-corrected chi connectivity index (χ3v) is 6.63. The van der Waals surface area contributed by atoms with Crippen LogP contribution in [0, 0.1) is 19.7 Å². The molecule has 8 heteroatoms. The second kappa shape index (κ2) is 9.76. The maximum Gasteiger partial charge on any atom is 0.179 e. The first-order valence-corrected chi connectivity index (χ1v) is 12.1. The van der Waals surface area contributed by atoms with Crippen LogP contribution in [0.25, 0.3) is 22.4 Å². The van der Waals surface area contributed by atoms with Crippen LogP contribution in [-0.2, 0) is 4.74 Å². The van der Waals surface area contributed by atoms with Gasteiger partial charge in [0.25, 0.3) is 0 Å². The molecule has 0 amide bonds. The molecule has 3 aromatic heterocycles. The molecule has 0 spiro atoms. The van der Waals surface area contributed by atoms with Crippen molar-refractivity contribution in [2.45, 2.75) is 51.5 Å². The van der Waals surface area contributed by atoms with E-state index in [9.17, 15) is 4.39 Å². The van der Waals surface area contributed by atoms with Crippen molar-refractivity contribution in [3.05, 3.63) is 70.5 Å². The van der Waals surface area contributed by atoms with Gasteiger partial charge in [0.15, 0.2) is 5.65 Å². The lowest BCUT2D eigenvalue weighted by atomic mass is 9.90. The molecule has 176 valence electrons.